The van der Waals surface area contributed by atoms with Crippen LogP contribution >= 0.6 is 15.9 Å². The van der Waals surface area contributed by atoms with Gasteiger partial charge in [0.2, 0.25) is 0 Å². The summed E-state index contributed by atoms with van der Waals surface area (Å²) >= 11 is 3.55. The van der Waals surface area contributed by atoms with Gasteiger partial charge in [-0.25, -0.2) is 0 Å². The number of unbranched alkanes of at least 4 members (excludes halogenated alkanes) is 7. The number of rotatable bonds is 9. The van der Waals surface area contributed by atoms with E-state index >= 15 is 0 Å². The van der Waals surface area contributed by atoms with Crippen molar-refractivity contribution in [2.75, 3.05) is 0 Å². The van der Waals surface area contributed by atoms with Crippen LogP contribution in [0.5, 0.6) is 0 Å². The number of hydrogen-bond donors (Lipinski definition) is 1. The first-order valence-electron chi connectivity index (χ1n) is 9.48. The van der Waals surface area contributed by atoms with E-state index in [0.29, 0.717) is 0 Å². The second-order valence-electron chi connectivity index (χ2n) is 6.92. The van der Waals surface area contributed by atoms with E-state index in [2.05, 4.69) is 64.2 Å². The van der Waals surface area contributed by atoms with Gasteiger partial charge in [-0.1, -0.05) is 79.9 Å². The molecule has 3 aromatic rings. The van der Waals surface area contributed by atoms with Crippen molar-refractivity contribution in [3.05, 3.63) is 46.4 Å². The second-order valence-corrected chi connectivity index (χ2v) is 7.84. The molecule has 0 saturated heterocycles. The number of aromatic nitrogens is 1. The zero-order valence-electron chi connectivity index (χ0n) is 14.7. The molecule has 128 valence electrons. The average Bonchev–Trinajstić information content (AvgIpc) is 2.94. The quantitative estimate of drug-likeness (QED) is 0.362. The Balaban J connectivity index is 1.55. The predicted molar refractivity (Wildman–Crippen MR) is 110 cm³/mol. The van der Waals surface area contributed by atoms with E-state index in [4.69, 9.17) is 0 Å². The maximum atomic E-state index is 3.55. The molecule has 0 saturated carbocycles. The molecule has 1 N–H and O–H groups in total. The van der Waals surface area contributed by atoms with Gasteiger partial charge in [0.05, 0.1) is 0 Å². The molecule has 1 heterocycles. The molecule has 1 aromatic heterocycles. The van der Waals surface area contributed by atoms with Crippen LogP contribution in [0.25, 0.3) is 21.8 Å². The van der Waals surface area contributed by atoms with Gasteiger partial charge in [-0.15, -0.1) is 0 Å². The third-order valence-corrected chi connectivity index (χ3v) is 5.44. The minimum absolute atomic E-state index is 1.13. The molecular weight excluding hydrogens is 358 g/mol. The van der Waals surface area contributed by atoms with Gasteiger partial charge in [-0.2, -0.15) is 0 Å². The van der Waals surface area contributed by atoms with Crippen molar-refractivity contribution in [2.45, 2.75) is 64.7 Å². The van der Waals surface area contributed by atoms with Crippen molar-refractivity contribution in [1.82, 2.24) is 4.98 Å². The molecule has 2 aromatic carbocycles. The van der Waals surface area contributed by atoms with Gasteiger partial charge in [-0.3, -0.25) is 0 Å². The first-order valence-corrected chi connectivity index (χ1v) is 10.3. The summed E-state index contributed by atoms with van der Waals surface area (Å²) in [7, 11) is 0. The average molecular weight is 386 g/mol. The van der Waals surface area contributed by atoms with Crippen LogP contribution in [0.3, 0.4) is 0 Å². The minimum atomic E-state index is 1.13. The van der Waals surface area contributed by atoms with Crippen LogP contribution < -0.4 is 0 Å². The van der Waals surface area contributed by atoms with Crippen LogP contribution in [0.2, 0.25) is 0 Å². The summed E-state index contributed by atoms with van der Waals surface area (Å²) in [5, 5.41) is 2.68. The minimum Gasteiger partial charge on any atom is -0.354 e. The Bertz CT molecular complexity index is 787. The number of halogens is 1. The fraction of sp³-hybridized carbons (Fsp3) is 0.455. The van der Waals surface area contributed by atoms with E-state index in [0.717, 1.165) is 4.47 Å². The number of fused-ring (bicyclic) bond motifs is 3. The summed E-state index contributed by atoms with van der Waals surface area (Å²) in [5.41, 5.74) is 3.92. The lowest BCUT2D eigenvalue weighted by molar-refractivity contribution is 0.575. The number of aryl methyl sites for hydroxylation is 1. The number of H-pyrrole nitrogens is 1. The molecule has 0 amide bonds. The first kappa shape index (κ1) is 17.5. The Labute approximate surface area is 154 Å². The molecule has 2 heteroatoms. The number of benzene rings is 2. The van der Waals surface area contributed by atoms with Crippen molar-refractivity contribution in [2.24, 2.45) is 0 Å². The molecule has 0 fully saturated rings. The molecule has 0 atom stereocenters. The predicted octanol–water partition coefficient (Wildman–Crippen LogP) is 7.77. The lowest BCUT2D eigenvalue weighted by Crippen LogP contribution is -1.86. The van der Waals surface area contributed by atoms with Gasteiger partial charge in [0.1, 0.15) is 0 Å². The zero-order valence-corrected chi connectivity index (χ0v) is 16.3. The van der Waals surface area contributed by atoms with Crippen molar-refractivity contribution < 1.29 is 0 Å². The Kier molecular flexibility index (Phi) is 6.37. The third kappa shape index (κ3) is 4.42. The van der Waals surface area contributed by atoms with Gasteiger partial charge in [0.15, 0.2) is 0 Å². The van der Waals surface area contributed by atoms with Gasteiger partial charge >= 0.3 is 0 Å². The molecule has 0 aliphatic carbocycles. The summed E-state index contributed by atoms with van der Waals surface area (Å²) in [6.45, 7) is 2.28. The molecular formula is C22H28BrN. The monoisotopic (exact) mass is 385 g/mol. The molecule has 0 radical (unpaired) electrons. The van der Waals surface area contributed by atoms with E-state index < -0.39 is 0 Å². The van der Waals surface area contributed by atoms with Gasteiger partial charge < -0.3 is 4.98 Å². The first-order chi connectivity index (χ1) is 11.8. The Morgan fingerprint density at radius 3 is 2.29 bits per heavy atom. The Morgan fingerprint density at radius 1 is 0.750 bits per heavy atom. The van der Waals surface area contributed by atoms with Crippen molar-refractivity contribution in [3.8, 4) is 0 Å². The summed E-state index contributed by atoms with van der Waals surface area (Å²) < 4.78 is 1.13. The highest BCUT2D eigenvalue weighted by Gasteiger charge is 2.05. The van der Waals surface area contributed by atoms with Crippen LogP contribution in [0, 0.1) is 0 Å². The maximum absolute atomic E-state index is 3.55. The molecule has 0 aliphatic heterocycles. The Hall–Kier alpha value is -1.28. The second kappa shape index (κ2) is 8.71. The van der Waals surface area contributed by atoms with E-state index in [1.165, 1.54) is 85.2 Å². The maximum Gasteiger partial charge on any atom is 0.0476 e. The molecule has 0 spiro atoms. The summed E-state index contributed by atoms with van der Waals surface area (Å²) in [6, 6.07) is 13.4. The van der Waals surface area contributed by atoms with Crippen LogP contribution in [-0.2, 0) is 6.42 Å². The fourth-order valence-corrected chi connectivity index (χ4v) is 3.90. The fourth-order valence-electron chi connectivity index (χ4n) is 3.54. The van der Waals surface area contributed by atoms with Crippen molar-refractivity contribution in [3.63, 3.8) is 0 Å². The normalized spacial score (nSPS) is 11.6. The highest BCUT2D eigenvalue weighted by molar-refractivity contribution is 9.10. The molecule has 3 rings (SSSR count). The summed E-state index contributed by atoms with van der Waals surface area (Å²) in [6.07, 6.45) is 12.3. The van der Waals surface area contributed by atoms with Crippen LogP contribution in [0.1, 0.15) is 63.9 Å². The van der Waals surface area contributed by atoms with E-state index in [9.17, 15) is 0 Å². The summed E-state index contributed by atoms with van der Waals surface area (Å²) in [4.78, 5) is 3.52. The van der Waals surface area contributed by atoms with E-state index in [1.54, 1.807) is 0 Å². The molecule has 24 heavy (non-hydrogen) atoms. The highest BCUT2D eigenvalue weighted by Crippen LogP contribution is 2.28. The molecule has 0 bridgehead atoms. The number of aromatic amines is 1. The molecule has 0 unspecified atom stereocenters. The third-order valence-electron chi connectivity index (χ3n) is 4.94. The SMILES string of the molecule is CCCCCCCCCCc1ccc2[nH]c3cc(Br)ccc3c2c1. The van der Waals surface area contributed by atoms with E-state index in [-0.39, 0.29) is 0 Å². The van der Waals surface area contributed by atoms with Crippen molar-refractivity contribution in [1.29, 1.82) is 0 Å². The van der Waals surface area contributed by atoms with Gasteiger partial charge in [0, 0.05) is 26.3 Å². The molecule has 1 nitrogen and oxygen atoms in total. The van der Waals surface area contributed by atoms with Crippen LogP contribution in [0.4, 0.5) is 0 Å². The lowest BCUT2D eigenvalue weighted by Gasteiger charge is -2.03. The Morgan fingerprint density at radius 2 is 1.50 bits per heavy atom. The van der Waals surface area contributed by atoms with Crippen molar-refractivity contribution >= 4 is 37.7 Å². The smallest absolute Gasteiger partial charge is 0.0476 e. The largest absolute Gasteiger partial charge is 0.354 e. The zero-order chi connectivity index (χ0) is 16.8. The molecule has 0 aliphatic rings. The lowest BCUT2D eigenvalue weighted by atomic mass is 10.0. The standard InChI is InChI=1S/C22H28BrN/c1-2-3-4-5-6-7-8-9-10-17-11-14-21-20(15-17)19-13-12-18(23)16-22(19)24-21/h11-16,24H,2-10H2,1H3. The van der Waals surface area contributed by atoms with Crippen LogP contribution in [0.15, 0.2) is 40.9 Å². The van der Waals surface area contributed by atoms with Gasteiger partial charge in [-0.05, 0) is 42.7 Å². The topological polar surface area (TPSA) is 15.8 Å². The van der Waals surface area contributed by atoms with Crippen LogP contribution in [-0.4, -0.2) is 4.98 Å². The van der Waals surface area contributed by atoms with Gasteiger partial charge in [0.25, 0.3) is 0 Å². The number of hydrogen-bond acceptors (Lipinski definition) is 0. The van der Waals surface area contributed by atoms with E-state index in [1.807, 2.05) is 0 Å². The summed E-state index contributed by atoms with van der Waals surface area (Å²) in [5.74, 6) is 0. The highest BCUT2D eigenvalue weighted by atomic mass is 79.9. The number of nitrogens with one attached hydrogen (secondary N) is 1.